The van der Waals surface area contributed by atoms with E-state index < -0.39 is 0 Å². The van der Waals surface area contributed by atoms with Gasteiger partial charge in [0.1, 0.15) is 0 Å². The molecule has 2 atom stereocenters. The molecule has 1 aliphatic rings. The van der Waals surface area contributed by atoms with Gasteiger partial charge in [0.15, 0.2) is 11.6 Å². The number of piperidine rings is 1. The molecule has 0 saturated carbocycles. The smallest absolute Gasteiger partial charge is 0.310 e. The monoisotopic (exact) mass is 458 g/mol. The molecule has 3 aromatic heterocycles. The van der Waals surface area contributed by atoms with Gasteiger partial charge in [-0.1, -0.05) is 13.8 Å². The molecule has 176 valence electrons. The van der Waals surface area contributed by atoms with Gasteiger partial charge in [-0.15, -0.1) is 0 Å². The first-order chi connectivity index (χ1) is 16.5. The van der Waals surface area contributed by atoms with Gasteiger partial charge in [0.2, 0.25) is 0 Å². The molecule has 0 radical (unpaired) electrons. The van der Waals surface area contributed by atoms with Crippen molar-refractivity contribution in [3.63, 3.8) is 0 Å². The van der Waals surface area contributed by atoms with Gasteiger partial charge in [-0.05, 0) is 55.0 Å². The van der Waals surface area contributed by atoms with Crippen molar-refractivity contribution in [1.29, 1.82) is 0 Å². The second kappa shape index (κ2) is 9.29. The maximum atomic E-state index is 11.8. The van der Waals surface area contributed by atoms with Crippen molar-refractivity contribution in [3.05, 3.63) is 60.8 Å². The SMILES string of the molecule is CCOC(=O)Cc1ccn(-c2cncc(-n3ncc4ccc(N5CC(C)CC(C)C5)cc43)n2)c1. The van der Waals surface area contributed by atoms with E-state index >= 15 is 0 Å². The first kappa shape index (κ1) is 22.1. The summed E-state index contributed by atoms with van der Waals surface area (Å²) in [6.45, 7) is 8.97. The predicted molar refractivity (Wildman–Crippen MR) is 131 cm³/mol. The first-order valence-electron chi connectivity index (χ1n) is 11.9. The average Bonchev–Trinajstić information content (AvgIpc) is 3.45. The third-order valence-electron chi connectivity index (χ3n) is 6.29. The highest BCUT2D eigenvalue weighted by atomic mass is 16.5. The van der Waals surface area contributed by atoms with Crippen molar-refractivity contribution < 1.29 is 9.53 Å². The number of nitrogens with zero attached hydrogens (tertiary/aromatic N) is 6. The minimum Gasteiger partial charge on any atom is -0.466 e. The van der Waals surface area contributed by atoms with Crippen molar-refractivity contribution in [2.24, 2.45) is 11.8 Å². The van der Waals surface area contributed by atoms with Crippen LogP contribution in [0.5, 0.6) is 0 Å². The maximum absolute atomic E-state index is 11.8. The Kier molecular flexibility index (Phi) is 6.04. The Morgan fingerprint density at radius 1 is 1.09 bits per heavy atom. The molecule has 1 aromatic carbocycles. The lowest BCUT2D eigenvalue weighted by Gasteiger charge is -2.36. The second-order valence-corrected chi connectivity index (χ2v) is 9.29. The van der Waals surface area contributed by atoms with Crippen LogP contribution < -0.4 is 4.90 Å². The van der Waals surface area contributed by atoms with Crippen LogP contribution in [0, 0.1) is 11.8 Å². The lowest BCUT2D eigenvalue weighted by molar-refractivity contribution is -0.142. The number of ether oxygens (including phenoxy) is 1. The summed E-state index contributed by atoms with van der Waals surface area (Å²) in [7, 11) is 0. The third kappa shape index (κ3) is 4.53. The third-order valence-corrected chi connectivity index (χ3v) is 6.29. The molecular weight excluding hydrogens is 428 g/mol. The number of hydrogen-bond donors (Lipinski definition) is 0. The zero-order valence-corrected chi connectivity index (χ0v) is 19.9. The summed E-state index contributed by atoms with van der Waals surface area (Å²) in [5.74, 6) is 2.43. The molecule has 1 aliphatic heterocycles. The number of benzene rings is 1. The summed E-state index contributed by atoms with van der Waals surface area (Å²) in [6, 6.07) is 8.41. The highest BCUT2D eigenvalue weighted by Gasteiger charge is 2.22. The molecule has 34 heavy (non-hydrogen) atoms. The highest BCUT2D eigenvalue weighted by molar-refractivity contribution is 5.83. The van der Waals surface area contributed by atoms with Crippen LogP contribution in [0.4, 0.5) is 5.69 Å². The quantitative estimate of drug-likeness (QED) is 0.403. The normalized spacial score (nSPS) is 18.4. The molecular formula is C26H30N6O2. The van der Waals surface area contributed by atoms with E-state index in [0.29, 0.717) is 30.1 Å². The summed E-state index contributed by atoms with van der Waals surface area (Å²) in [5.41, 5.74) is 3.08. The number of fused-ring (bicyclic) bond motifs is 1. The van der Waals surface area contributed by atoms with Gasteiger partial charge in [0.05, 0.1) is 37.1 Å². The number of hydrogen-bond acceptors (Lipinski definition) is 6. The summed E-state index contributed by atoms with van der Waals surface area (Å²) in [6.07, 6.45) is 10.5. The molecule has 0 bridgehead atoms. The van der Waals surface area contributed by atoms with Crippen LogP contribution in [0.1, 0.15) is 32.8 Å². The summed E-state index contributed by atoms with van der Waals surface area (Å²) in [4.78, 5) is 23.5. The standard InChI is InChI=1S/C26H30N6O2/c1-4-34-26(33)10-20-7-8-30(17-20)24-13-27-14-25(29-24)32-23-11-22(6-5-21(23)12-28-32)31-15-18(2)9-19(3)16-31/h5-8,11-14,17-19H,4,9-10,15-16H2,1-3H3. The van der Waals surface area contributed by atoms with Crippen LogP contribution in [0.25, 0.3) is 22.5 Å². The molecule has 0 N–H and O–H groups in total. The van der Waals surface area contributed by atoms with Crippen molar-refractivity contribution >= 4 is 22.6 Å². The van der Waals surface area contributed by atoms with Gasteiger partial charge in [-0.2, -0.15) is 5.10 Å². The van der Waals surface area contributed by atoms with Crippen LogP contribution in [0.15, 0.2) is 55.2 Å². The molecule has 0 spiro atoms. The van der Waals surface area contributed by atoms with E-state index in [2.05, 4.69) is 47.0 Å². The van der Waals surface area contributed by atoms with Crippen LogP contribution >= 0.6 is 0 Å². The Labute approximate surface area is 199 Å². The van der Waals surface area contributed by atoms with Gasteiger partial charge in [0, 0.05) is 36.6 Å². The lowest BCUT2D eigenvalue weighted by Crippen LogP contribution is -2.38. The Balaban J connectivity index is 1.44. The van der Waals surface area contributed by atoms with Crippen molar-refractivity contribution in [1.82, 2.24) is 24.3 Å². The summed E-state index contributed by atoms with van der Waals surface area (Å²) < 4.78 is 8.75. The number of rotatable bonds is 6. The van der Waals surface area contributed by atoms with Crippen LogP contribution in [-0.2, 0) is 16.0 Å². The van der Waals surface area contributed by atoms with Gasteiger partial charge < -0.3 is 14.2 Å². The van der Waals surface area contributed by atoms with E-state index in [0.717, 1.165) is 29.6 Å². The molecule has 0 amide bonds. The summed E-state index contributed by atoms with van der Waals surface area (Å²) in [5, 5.41) is 5.67. The van der Waals surface area contributed by atoms with E-state index in [1.165, 1.54) is 12.1 Å². The van der Waals surface area contributed by atoms with E-state index in [1.807, 2.05) is 33.9 Å². The largest absolute Gasteiger partial charge is 0.466 e. The molecule has 4 heterocycles. The van der Waals surface area contributed by atoms with Gasteiger partial charge in [-0.3, -0.25) is 9.78 Å². The number of anilines is 1. The number of aromatic nitrogens is 5. The van der Waals surface area contributed by atoms with E-state index in [1.54, 1.807) is 19.3 Å². The predicted octanol–water partition coefficient (Wildman–Crippen LogP) is 4.19. The molecule has 5 rings (SSSR count). The fourth-order valence-corrected chi connectivity index (χ4v) is 4.90. The number of carbonyl (C=O) groups is 1. The summed E-state index contributed by atoms with van der Waals surface area (Å²) >= 11 is 0. The minimum absolute atomic E-state index is 0.230. The van der Waals surface area contributed by atoms with Crippen molar-refractivity contribution in [2.75, 3.05) is 24.6 Å². The van der Waals surface area contributed by atoms with Crippen molar-refractivity contribution in [3.8, 4) is 11.6 Å². The number of carbonyl (C=O) groups excluding carboxylic acids is 1. The topological polar surface area (TPSA) is 78.1 Å². The molecule has 8 nitrogen and oxygen atoms in total. The maximum Gasteiger partial charge on any atom is 0.310 e. The molecule has 2 unspecified atom stereocenters. The second-order valence-electron chi connectivity index (χ2n) is 9.29. The molecule has 1 fully saturated rings. The van der Waals surface area contributed by atoms with E-state index in [9.17, 15) is 4.79 Å². The van der Waals surface area contributed by atoms with Crippen LogP contribution in [0.2, 0.25) is 0 Å². The first-order valence-corrected chi connectivity index (χ1v) is 11.9. The lowest BCUT2D eigenvalue weighted by atomic mass is 9.91. The Bertz CT molecular complexity index is 1300. The van der Waals surface area contributed by atoms with Crippen LogP contribution in [0.3, 0.4) is 0 Å². The van der Waals surface area contributed by atoms with E-state index in [-0.39, 0.29) is 12.4 Å². The number of esters is 1. The molecule has 1 saturated heterocycles. The fourth-order valence-electron chi connectivity index (χ4n) is 4.90. The Morgan fingerprint density at radius 3 is 2.68 bits per heavy atom. The van der Waals surface area contributed by atoms with Gasteiger partial charge in [-0.25, -0.2) is 9.67 Å². The van der Waals surface area contributed by atoms with Crippen LogP contribution in [-0.4, -0.2) is 50.0 Å². The fraction of sp³-hybridized carbons (Fsp3) is 0.385. The highest BCUT2D eigenvalue weighted by Crippen LogP contribution is 2.29. The Hall–Kier alpha value is -3.68. The van der Waals surface area contributed by atoms with Gasteiger partial charge in [0.25, 0.3) is 0 Å². The zero-order valence-electron chi connectivity index (χ0n) is 19.9. The molecule has 0 aliphatic carbocycles. The molecule has 4 aromatic rings. The Morgan fingerprint density at radius 2 is 1.88 bits per heavy atom. The minimum atomic E-state index is -0.239. The molecule has 8 heteroatoms. The van der Waals surface area contributed by atoms with Crippen molar-refractivity contribution in [2.45, 2.75) is 33.6 Å². The van der Waals surface area contributed by atoms with Gasteiger partial charge >= 0.3 is 5.97 Å². The zero-order chi connectivity index (χ0) is 23.7. The van der Waals surface area contributed by atoms with E-state index in [4.69, 9.17) is 9.72 Å². The average molecular weight is 459 g/mol.